The van der Waals surface area contributed by atoms with E-state index in [9.17, 15) is 8.42 Å². The van der Waals surface area contributed by atoms with Crippen molar-refractivity contribution in [3.8, 4) is 0 Å². The summed E-state index contributed by atoms with van der Waals surface area (Å²) in [6.07, 6.45) is 5.62. The van der Waals surface area contributed by atoms with Gasteiger partial charge in [0, 0.05) is 59.4 Å². The topological polar surface area (TPSA) is 72.9 Å². The maximum absolute atomic E-state index is 12.3. The molecule has 1 saturated carbocycles. The number of nitrogens with zero attached hydrogens (tertiary/aromatic N) is 6. The molecule has 0 bridgehead atoms. The molecule has 2 heterocycles. The van der Waals surface area contributed by atoms with Crippen LogP contribution in [-0.2, 0) is 10.2 Å². The predicted octanol–water partition coefficient (Wildman–Crippen LogP) is 0.782. The molecule has 1 aromatic rings. The number of anilines is 2. The van der Waals surface area contributed by atoms with E-state index in [1.54, 1.807) is 24.7 Å². The highest BCUT2D eigenvalue weighted by Crippen LogP contribution is 2.36. The van der Waals surface area contributed by atoms with Gasteiger partial charge in [-0.2, -0.15) is 17.0 Å². The Labute approximate surface area is 150 Å². The SMILES string of the molecule is CN(C)c1cc(N(C2CC2)C2CCN(S(=O)(=O)N(C)C)CC2)ncn1. The van der Waals surface area contributed by atoms with Gasteiger partial charge in [0.25, 0.3) is 10.2 Å². The van der Waals surface area contributed by atoms with Gasteiger partial charge in [-0.3, -0.25) is 0 Å². The number of aromatic nitrogens is 2. The first-order valence-electron chi connectivity index (χ1n) is 8.76. The number of rotatable bonds is 6. The second kappa shape index (κ2) is 7.05. The lowest BCUT2D eigenvalue weighted by Gasteiger charge is -2.39. The quantitative estimate of drug-likeness (QED) is 0.739. The van der Waals surface area contributed by atoms with Crippen molar-refractivity contribution in [1.29, 1.82) is 0 Å². The average molecular weight is 369 g/mol. The molecule has 140 valence electrons. The van der Waals surface area contributed by atoms with Gasteiger partial charge in [0.15, 0.2) is 0 Å². The van der Waals surface area contributed by atoms with E-state index in [-0.39, 0.29) is 0 Å². The molecule has 2 fully saturated rings. The van der Waals surface area contributed by atoms with Crippen LogP contribution < -0.4 is 9.80 Å². The molecule has 0 aromatic carbocycles. The smallest absolute Gasteiger partial charge is 0.281 e. The fourth-order valence-corrected chi connectivity index (χ4v) is 4.46. The first-order valence-corrected chi connectivity index (χ1v) is 10.2. The van der Waals surface area contributed by atoms with Gasteiger partial charge in [-0.05, 0) is 25.7 Å². The Kier molecular flexibility index (Phi) is 5.17. The van der Waals surface area contributed by atoms with Crippen molar-refractivity contribution >= 4 is 21.8 Å². The van der Waals surface area contributed by atoms with Crippen molar-refractivity contribution in [3.05, 3.63) is 12.4 Å². The van der Waals surface area contributed by atoms with E-state index < -0.39 is 10.2 Å². The zero-order valence-corrected chi connectivity index (χ0v) is 16.3. The van der Waals surface area contributed by atoms with E-state index in [0.717, 1.165) is 24.5 Å². The van der Waals surface area contributed by atoms with Gasteiger partial charge in [-0.1, -0.05) is 0 Å². The molecule has 1 aliphatic carbocycles. The van der Waals surface area contributed by atoms with Crippen molar-refractivity contribution in [2.75, 3.05) is 51.1 Å². The molecule has 0 N–H and O–H groups in total. The number of hydrogen-bond donors (Lipinski definition) is 0. The third kappa shape index (κ3) is 3.88. The minimum absolute atomic E-state index is 0.325. The number of hydrogen-bond acceptors (Lipinski definition) is 6. The van der Waals surface area contributed by atoms with Crippen molar-refractivity contribution in [3.63, 3.8) is 0 Å². The Balaban J connectivity index is 1.75. The van der Waals surface area contributed by atoms with E-state index in [2.05, 4.69) is 14.9 Å². The van der Waals surface area contributed by atoms with Crippen LogP contribution in [-0.4, -0.2) is 80.4 Å². The summed E-state index contributed by atoms with van der Waals surface area (Å²) >= 11 is 0. The van der Waals surface area contributed by atoms with E-state index >= 15 is 0 Å². The van der Waals surface area contributed by atoms with Crippen LogP contribution in [0.15, 0.2) is 12.4 Å². The monoisotopic (exact) mass is 368 g/mol. The molecule has 3 rings (SSSR count). The van der Waals surface area contributed by atoms with E-state index in [1.165, 1.54) is 17.1 Å². The summed E-state index contributed by atoms with van der Waals surface area (Å²) in [5.74, 6) is 1.85. The molecule has 0 spiro atoms. The molecule has 9 heteroatoms. The third-order valence-electron chi connectivity index (χ3n) is 4.91. The highest BCUT2D eigenvalue weighted by molar-refractivity contribution is 7.86. The molecular formula is C16H28N6O2S. The largest absolute Gasteiger partial charge is 0.363 e. The summed E-state index contributed by atoms with van der Waals surface area (Å²) in [5.41, 5.74) is 0. The summed E-state index contributed by atoms with van der Waals surface area (Å²) in [6.45, 7) is 1.11. The molecular weight excluding hydrogens is 340 g/mol. The van der Waals surface area contributed by atoms with Crippen molar-refractivity contribution in [1.82, 2.24) is 18.6 Å². The summed E-state index contributed by atoms with van der Waals surface area (Å²) in [5, 5.41) is 0. The molecule has 1 aliphatic heterocycles. The highest BCUT2D eigenvalue weighted by atomic mass is 32.2. The van der Waals surface area contributed by atoms with Crippen LogP contribution in [0.3, 0.4) is 0 Å². The molecule has 0 amide bonds. The Morgan fingerprint density at radius 1 is 0.960 bits per heavy atom. The molecule has 0 radical (unpaired) electrons. The lowest BCUT2D eigenvalue weighted by Crippen LogP contribution is -2.50. The average Bonchev–Trinajstić information content (AvgIpc) is 3.40. The fraction of sp³-hybridized carbons (Fsp3) is 0.750. The van der Waals surface area contributed by atoms with Gasteiger partial charge in [0.1, 0.15) is 18.0 Å². The summed E-state index contributed by atoms with van der Waals surface area (Å²) in [6, 6.07) is 2.87. The zero-order chi connectivity index (χ0) is 18.2. The van der Waals surface area contributed by atoms with E-state index in [4.69, 9.17) is 0 Å². The maximum Gasteiger partial charge on any atom is 0.281 e. The fourth-order valence-electron chi connectivity index (χ4n) is 3.33. The normalized spacial score (nSPS) is 20.0. The van der Waals surface area contributed by atoms with Gasteiger partial charge in [-0.15, -0.1) is 0 Å². The van der Waals surface area contributed by atoms with Gasteiger partial charge in [0.05, 0.1) is 0 Å². The van der Waals surface area contributed by atoms with Gasteiger partial charge >= 0.3 is 0 Å². The molecule has 25 heavy (non-hydrogen) atoms. The van der Waals surface area contributed by atoms with E-state index in [1.807, 2.05) is 25.1 Å². The van der Waals surface area contributed by atoms with Crippen molar-refractivity contribution < 1.29 is 8.42 Å². The Morgan fingerprint density at radius 2 is 1.52 bits per heavy atom. The standard InChI is InChI=1S/C16H28N6O2S/c1-19(2)15-11-16(18-12-17-15)22(13-5-6-13)14-7-9-21(10-8-14)25(23,24)20(3)4/h11-14H,5-10H2,1-4H3. The Bertz CT molecular complexity index is 696. The second-order valence-electron chi connectivity index (χ2n) is 7.19. The molecule has 0 atom stereocenters. The third-order valence-corrected chi connectivity index (χ3v) is 6.85. The summed E-state index contributed by atoms with van der Waals surface area (Å²) in [7, 11) is 3.79. The first kappa shape index (κ1) is 18.3. The van der Waals surface area contributed by atoms with Gasteiger partial charge in [-0.25, -0.2) is 9.97 Å². The number of piperidine rings is 1. The predicted molar refractivity (Wildman–Crippen MR) is 99.1 cm³/mol. The molecule has 0 unspecified atom stereocenters. The minimum atomic E-state index is -3.32. The zero-order valence-electron chi connectivity index (χ0n) is 15.5. The maximum atomic E-state index is 12.3. The molecule has 8 nitrogen and oxygen atoms in total. The molecule has 1 saturated heterocycles. The highest BCUT2D eigenvalue weighted by Gasteiger charge is 2.38. The van der Waals surface area contributed by atoms with Crippen LogP contribution in [0.25, 0.3) is 0 Å². The van der Waals surface area contributed by atoms with Crippen LogP contribution in [0.5, 0.6) is 0 Å². The molecule has 2 aliphatic rings. The lowest BCUT2D eigenvalue weighted by atomic mass is 10.0. The lowest BCUT2D eigenvalue weighted by molar-refractivity contribution is 0.293. The first-order chi connectivity index (χ1) is 11.8. The van der Waals surface area contributed by atoms with Crippen LogP contribution in [0.1, 0.15) is 25.7 Å². The summed E-state index contributed by atoms with van der Waals surface area (Å²) in [4.78, 5) is 13.2. The molecule has 1 aromatic heterocycles. The van der Waals surface area contributed by atoms with Gasteiger partial charge < -0.3 is 9.80 Å². The van der Waals surface area contributed by atoms with Gasteiger partial charge in [0.2, 0.25) is 0 Å². The Morgan fingerprint density at radius 3 is 2.04 bits per heavy atom. The van der Waals surface area contributed by atoms with Crippen molar-refractivity contribution in [2.24, 2.45) is 0 Å². The summed E-state index contributed by atoms with van der Waals surface area (Å²) < 4.78 is 27.5. The Hall–Kier alpha value is -1.45. The van der Waals surface area contributed by atoms with Crippen LogP contribution >= 0.6 is 0 Å². The van der Waals surface area contributed by atoms with Crippen molar-refractivity contribution in [2.45, 2.75) is 37.8 Å². The van der Waals surface area contributed by atoms with E-state index in [0.29, 0.717) is 25.2 Å². The van der Waals surface area contributed by atoms with Crippen LogP contribution in [0, 0.1) is 0 Å². The van der Waals surface area contributed by atoms with Crippen LogP contribution in [0.2, 0.25) is 0 Å². The second-order valence-corrected chi connectivity index (χ2v) is 9.33. The minimum Gasteiger partial charge on any atom is -0.363 e. The van der Waals surface area contributed by atoms with Crippen LogP contribution in [0.4, 0.5) is 11.6 Å².